The second kappa shape index (κ2) is 25.5. The second-order valence-corrected chi connectivity index (χ2v) is 34.2. The first-order valence-corrected chi connectivity index (χ1v) is 37.1. The van der Waals surface area contributed by atoms with Gasteiger partial charge < -0.3 is 72.1 Å². The number of imidazole rings is 2. The summed E-state index contributed by atoms with van der Waals surface area (Å²) in [6.45, 7) is 12.3. The van der Waals surface area contributed by atoms with Gasteiger partial charge in [-0.25, -0.2) is 29.5 Å². The highest BCUT2D eigenvalue weighted by atomic mass is 31.1. The lowest BCUT2D eigenvalue weighted by Gasteiger charge is -2.26. The molecule has 0 aliphatic carbocycles. The fraction of sp³-hybridized carbons (Fsp3) is 0.600. The van der Waals surface area contributed by atoms with Crippen LogP contribution < -0.4 is 39.7 Å². The van der Waals surface area contributed by atoms with E-state index >= 15 is 0 Å². The molecule has 15 atom stereocenters. The minimum atomic E-state index is -3.52. The third kappa shape index (κ3) is 14.5. The van der Waals surface area contributed by atoms with Crippen LogP contribution in [0.1, 0.15) is 56.2 Å². The van der Waals surface area contributed by atoms with Crippen molar-refractivity contribution in [1.82, 2.24) is 58.1 Å². The summed E-state index contributed by atoms with van der Waals surface area (Å²) in [5.41, 5.74) is 16.2. The number of H-pyrrole nitrogens is 2. The molecular weight excluding hydrogens is 1200 g/mol. The SMILES string of the molecule is Cc1cn([C@H]2C[C@@H](O[Si](C)(C)C)[C@@H](CO[PH](=O)O[C@@H]3C[C@H](n4cnc5c(=O)[nH]c(N)nc54)O[C@@H]3CO[PH](=O)O[C@@H]3C[C@H](n4cnc5c(N)ncnc54)O[C@@H]3CO[PH](=O)O[C@@H]3C[C@H](n4ccc(N)nc4=O)O[C@@H]3CO[Si](C)(C)C)O2)c(=O)[nH]c1=O. The van der Waals surface area contributed by atoms with Gasteiger partial charge in [-0.3, -0.25) is 51.5 Å². The molecule has 4 fully saturated rings. The number of ether oxygens (including phenoxy) is 4. The van der Waals surface area contributed by atoms with Crippen LogP contribution in [0, 0.1) is 6.92 Å². The summed E-state index contributed by atoms with van der Waals surface area (Å²) in [6.07, 6.45) is -3.82. The highest BCUT2D eigenvalue weighted by Gasteiger charge is 2.45. The van der Waals surface area contributed by atoms with E-state index in [1.54, 1.807) is 11.5 Å². The molecule has 8 N–H and O–H groups in total. The molecule has 3 unspecified atom stereocenters. The molecule has 34 nitrogen and oxygen atoms in total. The van der Waals surface area contributed by atoms with Gasteiger partial charge in [-0.2, -0.15) is 9.97 Å². The van der Waals surface area contributed by atoms with Gasteiger partial charge in [-0.15, -0.1) is 0 Å². The van der Waals surface area contributed by atoms with Gasteiger partial charge >= 0.3 is 36.1 Å². The Hall–Kier alpha value is -5.50. The number of nitrogen functional groups attached to an aromatic ring is 3. The van der Waals surface area contributed by atoms with E-state index < -0.39 is 151 Å². The summed E-state index contributed by atoms with van der Waals surface area (Å²) in [5, 5.41) is 0. The summed E-state index contributed by atoms with van der Waals surface area (Å²) < 4.78 is 121. The molecule has 0 saturated carbocycles. The third-order valence-corrected chi connectivity index (χ3v) is 18.6. The minimum absolute atomic E-state index is 0.0100. The van der Waals surface area contributed by atoms with Gasteiger partial charge in [0.15, 0.2) is 39.3 Å². The van der Waals surface area contributed by atoms with Crippen molar-refractivity contribution in [2.75, 3.05) is 43.6 Å². The summed E-state index contributed by atoms with van der Waals surface area (Å²) in [6, 6.07) is 1.45. The molecule has 10 heterocycles. The first kappa shape index (κ1) is 61.6. The van der Waals surface area contributed by atoms with Gasteiger partial charge in [0.25, 0.3) is 11.1 Å². The topological polar surface area (TPSA) is 437 Å². The van der Waals surface area contributed by atoms with Crippen LogP contribution in [0.2, 0.25) is 39.3 Å². The van der Waals surface area contributed by atoms with Crippen LogP contribution in [0.5, 0.6) is 0 Å². The average molecular weight is 1270 g/mol. The van der Waals surface area contributed by atoms with Crippen LogP contribution in [0.4, 0.5) is 17.6 Å². The van der Waals surface area contributed by atoms with E-state index in [2.05, 4.69) is 39.9 Å². The molecule has 0 aromatic carbocycles. The lowest BCUT2D eigenvalue weighted by Crippen LogP contribution is -2.38. The third-order valence-electron chi connectivity index (χ3n) is 13.8. The first-order valence-electron chi connectivity index (χ1n) is 26.6. The largest absolute Gasteiger partial charge is 0.415 e. The molecule has 39 heteroatoms. The number of aromatic nitrogens is 12. The van der Waals surface area contributed by atoms with Crippen molar-refractivity contribution in [3.05, 3.63) is 84.7 Å². The predicted molar refractivity (Wildman–Crippen MR) is 302 cm³/mol. The highest BCUT2D eigenvalue weighted by Crippen LogP contribution is 2.45. The first-order chi connectivity index (χ1) is 39.8. The molecule has 458 valence electrons. The normalized spacial score (nSPS) is 27.8. The standard InChI is InChI=1S/C45H66N15O19P3Si2/c1-22-14-58(45(64)56-41(22)61)33-13-26(79-84(5,6)7)29(74-33)17-70-82(67)77-24-12-35(60-21-52-37-40(60)54-43(48)55-42(37)62)73-28(24)16-68-80(65)76-23-11-34(59-20-51-36-38(47)49-19-50-39(36)59)72-27(23)15-69-81(66)78-25-10-32(57-9-8-31(46)53-44(57)63)75-30(25)18-71-83(2,3)4/h8-9,14,19-21,23-30,32-35,80-82H,10-13,15-18H2,1-7H3,(H2,46,53,63)(H2,47,49,50)(H,56,61,64)(H3,48,54,55,62)/t23-,24-,25-,26-,27-,28-,29-,30-,32-,33-,34-,35-/m1/s1. The molecule has 0 bridgehead atoms. The molecule has 6 aromatic rings. The van der Waals surface area contributed by atoms with Gasteiger partial charge in [-0.1, -0.05) is 0 Å². The Bertz CT molecular complexity index is 3690. The second-order valence-electron chi connectivity index (χ2n) is 22.2. The van der Waals surface area contributed by atoms with Crippen LogP contribution in [0.25, 0.3) is 22.3 Å². The maximum absolute atomic E-state index is 14.1. The fourth-order valence-corrected chi connectivity index (χ4v) is 14.4. The number of fused-ring (bicyclic) bond motifs is 2. The van der Waals surface area contributed by atoms with Crippen molar-refractivity contribution in [2.24, 2.45) is 0 Å². The fourth-order valence-electron chi connectivity index (χ4n) is 9.97. The van der Waals surface area contributed by atoms with Crippen LogP contribution in [-0.4, -0.2) is 150 Å². The zero-order valence-electron chi connectivity index (χ0n) is 46.5. The maximum atomic E-state index is 14.1. The summed E-state index contributed by atoms with van der Waals surface area (Å²) in [4.78, 5) is 80.1. The van der Waals surface area contributed by atoms with Gasteiger partial charge in [0.05, 0.1) is 63.5 Å². The average Bonchev–Trinajstić information content (AvgIpc) is 2.25. The number of hydrogen-bond donors (Lipinski definition) is 5. The summed E-state index contributed by atoms with van der Waals surface area (Å²) in [5.74, 6) is -0.0469. The lowest BCUT2D eigenvalue weighted by atomic mass is 10.2. The Kier molecular flexibility index (Phi) is 18.7. The lowest BCUT2D eigenvalue weighted by molar-refractivity contribution is -0.0501. The van der Waals surface area contributed by atoms with Crippen molar-refractivity contribution >= 4 is 81.3 Å². The van der Waals surface area contributed by atoms with Crippen molar-refractivity contribution in [3.63, 3.8) is 0 Å². The molecule has 6 aromatic heterocycles. The minimum Gasteiger partial charge on any atom is -0.415 e. The van der Waals surface area contributed by atoms with Gasteiger partial charge in [0, 0.05) is 43.6 Å². The number of nitrogens with two attached hydrogens (primary N) is 3. The highest BCUT2D eigenvalue weighted by molar-refractivity contribution is 7.33. The number of aryl methyl sites for hydroxylation is 1. The van der Waals surface area contributed by atoms with Crippen molar-refractivity contribution in [1.29, 1.82) is 0 Å². The van der Waals surface area contributed by atoms with E-state index in [9.17, 15) is 32.9 Å². The number of nitrogens with zero attached hydrogens (tertiary/aromatic N) is 10. The van der Waals surface area contributed by atoms with Crippen molar-refractivity contribution in [2.45, 2.75) is 146 Å². The number of hydrogen-bond acceptors (Lipinski definition) is 28. The van der Waals surface area contributed by atoms with E-state index in [4.69, 9.17) is 72.1 Å². The zero-order chi connectivity index (χ0) is 59.9. The molecule has 4 aliphatic heterocycles. The van der Waals surface area contributed by atoms with E-state index in [0.29, 0.717) is 16.7 Å². The molecule has 0 spiro atoms. The maximum Gasteiger partial charge on any atom is 0.351 e. The van der Waals surface area contributed by atoms with Crippen molar-refractivity contribution in [3.8, 4) is 0 Å². The molecular formula is C45H66N15O19P3Si2. The van der Waals surface area contributed by atoms with Crippen LogP contribution in [0.15, 0.2) is 56.6 Å². The monoisotopic (exact) mass is 1270 g/mol. The molecule has 4 saturated heterocycles. The molecule has 0 amide bonds. The Balaban J connectivity index is 0.828. The Morgan fingerprint density at radius 3 is 1.64 bits per heavy atom. The quantitative estimate of drug-likeness (QED) is 0.0429. The number of nitrogens with one attached hydrogen (secondary N) is 2. The van der Waals surface area contributed by atoms with Gasteiger partial charge in [-0.05, 0) is 52.3 Å². The molecule has 10 rings (SSSR count). The summed E-state index contributed by atoms with van der Waals surface area (Å²) in [7, 11) is -14.6. The van der Waals surface area contributed by atoms with Crippen LogP contribution >= 0.6 is 24.8 Å². The Morgan fingerprint density at radius 2 is 1.10 bits per heavy atom. The Labute approximate surface area is 480 Å². The zero-order valence-corrected chi connectivity index (χ0v) is 51.5. The van der Waals surface area contributed by atoms with Crippen LogP contribution in [0.3, 0.4) is 0 Å². The number of rotatable bonds is 24. The van der Waals surface area contributed by atoms with Crippen LogP contribution in [-0.2, 0) is 68.6 Å². The summed E-state index contributed by atoms with van der Waals surface area (Å²) >= 11 is 0. The molecule has 0 radical (unpaired) electrons. The van der Waals surface area contributed by atoms with Gasteiger partial charge in [0.1, 0.15) is 67.0 Å². The molecule has 84 heavy (non-hydrogen) atoms. The van der Waals surface area contributed by atoms with E-state index in [1.807, 2.05) is 39.3 Å². The predicted octanol–water partition coefficient (Wildman–Crippen LogP) is 2.42. The van der Waals surface area contributed by atoms with E-state index in [-0.39, 0.29) is 67.6 Å². The van der Waals surface area contributed by atoms with Gasteiger partial charge in [0.2, 0.25) is 5.95 Å². The molecule has 4 aliphatic rings. The Morgan fingerprint density at radius 1 is 0.595 bits per heavy atom. The van der Waals surface area contributed by atoms with E-state index in [0.717, 1.165) is 0 Å². The number of aromatic amines is 2. The van der Waals surface area contributed by atoms with E-state index in [1.165, 1.54) is 51.1 Å². The van der Waals surface area contributed by atoms with Crippen molar-refractivity contribution < 1.29 is 68.6 Å². The smallest absolute Gasteiger partial charge is 0.351 e. The number of anilines is 3.